The van der Waals surface area contributed by atoms with Gasteiger partial charge in [0.05, 0.1) is 6.54 Å². The molecule has 0 fully saturated rings. The summed E-state index contributed by atoms with van der Waals surface area (Å²) in [6.07, 6.45) is 3.46. The van der Waals surface area contributed by atoms with Gasteiger partial charge in [0.25, 0.3) is 5.91 Å². The van der Waals surface area contributed by atoms with E-state index in [-0.39, 0.29) is 5.91 Å². The number of rotatable bonds is 4. The molecule has 0 saturated heterocycles. The number of aromatic nitrogens is 1. The highest BCUT2D eigenvalue weighted by Gasteiger charge is 2.09. The Hall–Kier alpha value is -2.99. The fraction of sp³-hybridized carbons (Fsp3) is 0.0500. The van der Waals surface area contributed by atoms with Crippen molar-refractivity contribution in [2.75, 3.05) is 5.32 Å². The molecule has 3 aromatic rings. The summed E-state index contributed by atoms with van der Waals surface area (Å²) in [5, 5.41) is 5.99. The number of pyridine rings is 1. The Kier molecular flexibility index (Phi) is 6.11. The average Bonchev–Trinajstić information content (AvgIpc) is 2.69. The second kappa shape index (κ2) is 8.92. The van der Waals surface area contributed by atoms with E-state index in [0.29, 0.717) is 18.1 Å². The van der Waals surface area contributed by atoms with Crippen LogP contribution in [0.3, 0.4) is 0 Å². The molecular weight excluding hydrogens is 392 g/mol. The van der Waals surface area contributed by atoms with Gasteiger partial charge in [0.2, 0.25) is 5.96 Å². The van der Waals surface area contributed by atoms with E-state index >= 15 is 0 Å². The van der Waals surface area contributed by atoms with E-state index in [1.807, 2.05) is 54.6 Å². The molecule has 0 aliphatic heterocycles. The first-order valence-electron chi connectivity index (χ1n) is 8.03. The third kappa shape index (κ3) is 5.26. The summed E-state index contributed by atoms with van der Waals surface area (Å²) in [7, 11) is 0. The van der Waals surface area contributed by atoms with E-state index in [1.54, 1.807) is 24.5 Å². The quantitative estimate of drug-likeness (QED) is 0.500. The minimum atomic E-state index is -0.222. The van der Waals surface area contributed by atoms with Crippen molar-refractivity contribution < 1.29 is 4.79 Å². The Balaban J connectivity index is 1.78. The van der Waals surface area contributed by atoms with Crippen molar-refractivity contribution in [3.8, 4) is 0 Å². The summed E-state index contributed by atoms with van der Waals surface area (Å²) in [6, 6.07) is 20.5. The highest BCUT2D eigenvalue weighted by Crippen LogP contribution is 2.14. The number of amides is 1. The molecule has 1 heterocycles. The number of nitrogens with zero attached hydrogens (tertiary/aromatic N) is 2. The van der Waals surface area contributed by atoms with Gasteiger partial charge in [0.1, 0.15) is 0 Å². The van der Waals surface area contributed by atoms with Gasteiger partial charge in [0, 0.05) is 28.1 Å². The van der Waals surface area contributed by atoms with Crippen LogP contribution in [0.2, 0.25) is 0 Å². The summed E-state index contributed by atoms with van der Waals surface area (Å²) >= 11 is 3.41. The van der Waals surface area contributed by atoms with Crippen molar-refractivity contribution in [3.63, 3.8) is 0 Å². The molecule has 0 aliphatic carbocycles. The van der Waals surface area contributed by atoms with Crippen LogP contribution in [-0.4, -0.2) is 16.9 Å². The van der Waals surface area contributed by atoms with Crippen LogP contribution in [-0.2, 0) is 6.54 Å². The highest BCUT2D eigenvalue weighted by molar-refractivity contribution is 9.10. The van der Waals surface area contributed by atoms with Gasteiger partial charge >= 0.3 is 0 Å². The van der Waals surface area contributed by atoms with Crippen LogP contribution >= 0.6 is 15.9 Å². The lowest BCUT2D eigenvalue weighted by Crippen LogP contribution is -2.36. The zero-order chi connectivity index (χ0) is 18.2. The lowest BCUT2D eigenvalue weighted by molar-refractivity contribution is 0.0977. The molecule has 2 N–H and O–H groups in total. The van der Waals surface area contributed by atoms with E-state index in [2.05, 4.69) is 36.5 Å². The summed E-state index contributed by atoms with van der Waals surface area (Å²) < 4.78 is 0.977. The largest absolute Gasteiger partial charge is 0.326 e. The molecular formula is C20H17BrN4O. The topological polar surface area (TPSA) is 66.4 Å². The van der Waals surface area contributed by atoms with Crippen LogP contribution in [0, 0.1) is 0 Å². The number of nitrogens with one attached hydrogen (secondary N) is 2. The predicted molar refractivity (Wildman–Crippen MR) is 107 cm³/mol. The van der Waals surface area contributed by atoms with E-state index in [9.17, 15) is 4.79 Å². The van der Waals surface area contributed by atoms with E-state index < -0.39 is 0 Å². The molecule has 1 amide bonds. The van der Waals surface area contributed by atoms with E-state index in [0.717, 1.165) is 15.7 Å². The van der Waals surface area contributed by atoms with Crippen LogP contribution < -0.4 is 10.6 Å². The van der Waals surface area contributed by atoms with Crippen molar-refractivity contribution in [1.82, 2.24) is 10.3 Å². The van der Waals surface area contributed by atoms with Gasteiger partial charge in [-0.1, -0.05) is 40.2 Å². The SMILES string of the molecule is O=C(NC(=NCc1cccnc1)Nc1ccc(Br)cc1)c1ccccc1. The Morgan fingerprint density at radius 3 is 2.46 bits per heavy atom. The third-order valence-corrected chi connectivity index (χ3v) is 4.05. The molecule has 0 saturated carbocycles. The molecule has 1 aromatic heterocycles. The van der Waals surface area contributed by atoms with Crippen LogP contribution in [0.15, 0.2) is 88.6 Å². The zero-order valence-electron chi connectivity index (χ0n) is 13.9. The van der Waals surface area contributed by atoms with Gasteiger partial charge in [-0.15, -0.1) is 0 Å². The van der Waals surface area contributed by atoms with Crippen LogP contribution in [0.5, 0.6) is 0 Å². The average molecular weight is 409 g/mol. The van der Waals surface area contributed by atoms with Gasteiger partial charge in [-0.05, 0) is 48.0 Å². The number of hydrogen-bond donors (Lipinski definition) is 2. The molecule has 6 heteroatoms. The van der Waals surface area contributed by atoms with Crippen molar-refractivity contribution in [3.05, 3.63) is 94.7 Å². The standard InChI is InChI=1S/C20H17BrN4O/c21-17-8-10-18(11-9-17)24-20(23-14-15-5-4-12-22-13-15)25-19(26)16-6-2-1-3-7-16/h1-13H,14H2,(H2,23,24,25,26). The minimum Gasteiger partial charge on any atom is -0.326 e. The Morgan fingerprint density at radius 1 is 1.00 bits per heavy atom. The number of anilines is 1. The molecule has 26 heavy (non-hydrogen) atoms. The Bertz CT molecular complexity index is 881. The first-order chi connectivity index (χ1) is 12.7. The molecule has 2 aromatic carbocycles. The van der Waals surface area contributed by atoms with Crippen LogP contribution in [0.1, 0.15) is 15.9 Å². The maximum Gasteiger partial charge on any atom is 0.257 e. The van der Waals surface area contributed by atoms with E-state index in [1.165, 1.54) is 0 Å². The maximum atomic E-state index is 12.5. The van der Waals surface area contributed by atoms with Gasteiger partial charge in [0.15, 0.2) is 0 Å². The zero-order valence-corrected chi connectivity index (χ0v) is 15.5. The molecule has 0 atom stereocenters. The summed E-state index contributed by atoms with van der Waals surface area (Å²) in [6.45, 7) is 0.405. The molecule has 3 rings (SSSR count). The van der Waals surface area contributed by atoms with Crippen molar-refractivity contribution >= 4 is 33.5 Å². The number of carbonyl (C=O) groups excluding carboxylic acids is 1. The number of carbonyl (C=O) groups is 1. The number of aliphatic imine (C=N–C) groups is 1. The van der Waals surface area contributed by atoms with Gasteiger partial charge in [-0.3, -0.25) is 15.1 Å². The van der Waals surface area contributed by atoms with Crippen molar-refractivity contribution in [2.24, 2.45) is 4.99 Å². The minimum absolute atomic E-state index is 0.222. The fourth-order valence-corrected chi connectivity index (χ4v) is 2.48. The lowest BCUT2D eigenvalue weighted by atomic mass is 10.2. The fourth-order valence-electron chi connectivity index (χ4n) is 2.21. The summed E-state index contributed by atoms with van der Waals surface area (Å²) in [5.41, 5.74) is 2.35. The second-order valence-electron chi connectivity index (χ2n) is 5.48. The Morgan fingerprint density at radius 2 is 1.77 bits per heavy atom. The normalized spacial score (nSPS) is 11.0. The first-order valence-corrected chi connectivity index (χ1v) is 8.82. The smallest absolute Gasteiger partial charge is 0.257 e. The first kappa shape index (κ1) is 17.8. The van der Waals surface area contributed by atoms with Crippen LogP contribution in [0.4, 0.5) is 5.69 Å². The summed E-state index contributed by atoms with van der Waals surface area (Å²) in [5.74, 6) is 0.158. The van der Waals surface area contributed by atoms with Crippen molar-refractivity contribution in [1.29, 1.82) is 0 Å². The molecule has 0 spiro atoms. The van der Waals surface area contributed by atoms with Gasteiger partial charge in [-0.25, -0.2) is 4.99 Å². The van der Waals surface area contributed by atoms with Crippen molar-refractivity contribution in [2.45, 2.75) is 6.54 Å². The molecule has 130 valence electrons. The molecule has 0 aliphatic rings. The van der Waals surface area contributed by atoms with Crippen LogP contribution in [0.25, 0.3) is 0 Å². The lowest BCUT2D eigenvalue weighted by Gasteiger charge is -2.12. The number of hydrogen-bond acceptors (Lipinski definition) is 3. The van der Waals surface area contributed by atoms with Gasteiger partial charge < -0.3 is 5.32 Å². The monoisotopic (exact) mass is 408 g/mol. The number of benzene rings is 2. The van der Waals surface area contributed by atoms with Gasteiger partial charge in [-0.2, -0.15) is 0 Å². The molecule has 0 radical (unpaired) electrons. The van der Waals surface area contributed by atoms with E-state index in [4.69, 9.17) is 0 Å². The third-order valence-electron chi connectivity index (χ3n) is 3.52. The maximum absolute atomic E-state index is 12.5. The summed E-state index contributed by atoms with van der Waals surface area (Å²) in [4.78, 5) is 21.0. The molecule has 5 nitrogen and oxygen atoms in total. The molecule has 0 bridgehead atoms. The molecule has 0 unspecified atom stereocenters. The highest BCUT2D eigenvalue weighted by atomic mass is 79.9. The second-order valence-corrected chi connectivity index (χ2v) is 6.39. The Labute approximate surface area is 160 Å². The predicted octanol–water partition coefficient (Wildman–Crippen LogP) is 4.24. The number of guanidine groups is 1. The number of halogens is 1.